The molecule has 0 aromatic carbocycles. The van der Waals surface area contributed by atoms with Gasteiger partial charge in [-0.25, -0.2) is 4.57 Å². The minimum absolute atomic E-state index is 0.0252. The molecule has 1 amide bonds. The van der Waals surface area contributed by atoms with Crippen LogP contribution in [-0.2, 0) is 27.9 Å². The quantitative estimate of drug-likeness (QED) is 0.0205. The van der Waals surface area contributed by atoms with Crippen molar-refractivity contribution in [2.24, 2.45) is 0 Å². The Hall–Kier alpha value is -3.07. The maximum absolute atomic E-state index is 13.5. The number of carbonyl (C=O) groups is 2. The molecule has 0 aromatic rings. The first-order valence-corrected chi connectivity index (χ1v) is 33.1. The smallest absolute Gasteiger partial charge is 0.456 e. The fourth-order valence-corrected chi connectivity index (χ4v) is 9.40. The second-order valence-corrected chi connectivity index (χ2v) is 23.6. The summed E-state index contributed by atoms with van der Waals surface area (Å²) < 4.78 is 30.6. The van der Waals surface area contributed by atoms with Crippen LogP contribution < -0.4 is 5.32 Å². The van der Waals surface area contributed by atoms with E-state index in [0.29, 0.717) is 23.9 Å². The highest BCUT2D eigenvalue weighted by Crippen LogP contribution is 2.43. The van der Waals surface area contributed by atoms with Crippen molar-refractivity contribution in [1.82, 2.24) is 5.32 Å². The first-order valence-electron chi connectivity index (χ1n) is 31.6. The maximum Gasteiger partial charge on any atom is 0.472 e. The number of hydrogen-bond acceptors (Lipinski definition) is 6. The normalized spacial score (nSPS) is 14.3. The van der Waals surface area contributed by atoms with Gasteiger partial charge < -0.3 is 19.4 Å². The van der Waals surface area contributed by atoms with Crippen LogP contribution in [0.5, 0.6) is 0 Å². The number of nitrogens with zero attached hydrogens (tertiary/aromatic N) is 1. The molecule has 0 rings (SSSR count). The Labute approximate surface area is 475 Å². The highest BCUT2D eigenvalue weighted by Gasteiger charge is 2.30. The fraction of sp³-hybridized carbons (Fsp3) is 0.731. The second kappa shape index (κ2) is 56.2. The SMILES string of the molecule is CC/C=C\C/C=C\C/C=C\C/C=C\C/C=C\C/C=C\CCC(=O)OC(/C=C/CCCCCCCCCCC)C(COP(=O)(O)OCC[N+](C)(C)C)NC(=O)CCCCCCCCCCCCC/C=C/CCCCCCCC. The van der Waals surface area contributed by atoms with Crippen molar-refractivity contribution in [3.8, 4) is 0 Å². The molecule has 444 valence electrons. The first-order chi connectivity index (χ1) is 37.4. The van der Waals surface area contributed by atoms with Gasteiger partial charge in [-0.15, -0.1) is 0 Å². The Morgan fingerprint density at radius 1 is 0.468 bits per heavy atom. The van der Waals surface area contributed by atoms with Crippen molar-refractivity contribution in [2.75, 3.05) is 40.9 Å². The Bertz CT molecular complexity index is 1640. The number of unbranched alkanes of at least 4 members (excludes halogenated alkanes) is 26. The van der Waals surface area contributed by atoms with E-state index < -0.39 is 25.9 Å². The molecule has 9 nitrogen and oxygen atoms in total. The Morgan fingerprint density at radius 2 is 0.844 bits per heavy atom. The Balaban J connectivity index is 5.29. The van der Waals surface area contributed by atoms with Crippen LogP contribution in [-0.4, -0.2) is 74.3 Å². The minimum Gasteiger partial charge on any atom is -0.456 e. The first kappa shape index (κ1) is 73.9. The fourth-order valence-electron chi connectivity index (χ4n) is 8.67. The van der Waals surface area contributed by atoms with Crippen molar-refractivity contribution < 1.29 is 37.3 Å². The largest absolute Gasteiger partial charge is 0.472 e. The molecule has 0 bridgehead atoms. The van der Waals surface area contributed by atoms with Gasteiger partial charge >= 0.3 is 13.8 Å². The van der Waals surface area contributed by atoms with Gasteiger partial charge in [-0.2, -0.15) is 0 Å². The van der Waals surface area contributed by atoms with Crippen LogP contribution in [0.4, 0.5) is 0 Å². The maximum atomic E-state index is 13.5. The zero-order valence-electron chi connectivity index (χ0n) is 50.7. The number of ether oxygens (including phenoxy) is 1. The van der Waals surface area contributed by atoms with Crippen molar-refractivity contribution in [2.45, 2.75) is 277 Å². The summed E-state index contributed by atoms with van der Waals surface area (Å²) in [6, 6.07) is -0.884. The number of amides is 1. The van der Waals surface area contributed by atoms with E-state index in [-0.39, 0.29) is 25.5 Å². The molecule has 0 radical (unpaired) electrons. The van der Waals surface area contributed by atoms with Gasteiger partial charge in [0.15, 0.2) is 0 Å². The summed E-state index contributed by atoms with van der Waals surface area (Å²) >= 11 is 0. The number of phosphoric acid groups is 1. The van der Waals surface area contributed by atoms with Crippen LogP contribution >= 0.6 is 7.82 Å². The molecule has 2 N–H and O–H groups in total. The van der Waals surface area contributed by atoms with Crippen LogP contribution in [0.25, 0.3) is 0 Å². The molecule has 3 atom stereocenters. The zero-order chi connectivity index (χ0) is 56.4. The predicted octanol–water partition coefficient (Wildman–Crippen LogP) is 19.6. The van der Waals surface area contributed by atoms with Crippen LogP contribution in [0, 0.1) is 0 Å². The lowest BCUT2D eigenvalue weighted by atomic mass is 10.0. The van der Waals surface area contributed by atoms with E-state index in [0.717, 1.165) is 77.0 Å². The summed E-state index contributed by atoms with van der Waals surface area (Å²) in [6.07, 6.45) is 75.7. The van der Waals surface area contributed by atoms with E-state index in [2.05, 4.69) is 105 Å². The summed E-state index contributed by atoms with van der Waals surface area (Å²) in [4.78, 5) is 37.7. The minimum atomic E-state index is -4.47. The Kier molecular flexibility index (Phi) is 54.0. The Morgan fingerprint density at radius 3 is 1.27 bits per heavy atom. The summed E-state index contributed by atoms with van der Waals surface area (Å²) in [7, 11) is 1.45. The second-order valence-electron chi connectivity index (χ2n) is 22.2. The van der Waals surface area contributed by atoms with Crippen molar-refractivity contribution in [1.29, 1.82) is 0 Å². The number of allylic oxidation sites excluding steroid dienone is 15. The zero-order valence-corrected chi connectivity index (χ0v) is 51.6. The van der Waals surface area contributed by atoms with E-state index in [1.807, 2.05) is 39.4 Å². The van der Waals surface area contributed by atoms with Crippen LogP contribution in [0.2, 0.25) is 0 Å². The molecule has 77 heavy (non-hydrogen) atoms. The summed E-state index contributed by atoms with van der Waals surface area (Å²) in [5, 5.41) is 3.04. The summed E-state index contributed by atoms with van der Waals surface area (Å²) in [6.45, 7) is 6.84. The van der Waals surface area contributed by atoms with Crippen molar-refractivity contribution in [3.63, 3.8) is 0 Å². The molecular weight excluding hydrogens is 976 g/mol. The number of phosphoric ester groups is 1. The average Bonchev–Trinajstić information content (AvgIpc) is 3.39. The van der Waals surface area contributed by atoms with Gasteiger partial charge in [0, 0.05) is 12.8 Å². The van der Waals surface area contributed by atoms with E-state index in [1.165, 1.54) is 148 Å². The van der Waals surface area contributed by atoms with Crippen molar-refractivity contribution in [3.05, 3.63) is 97.2 Å². The van der Waals surface area contributed by atoms with Gasteiger partial charge in [0.05, 0.1) is 33.8 Å². The van der Waals surface area contributed by atoms with Gasteiger partial charge in [-0.05, 0) is 96.0 Å². The lowest BCUT2D eigenvalue weighted by Crippen LogP contribution is -2.47. The number of quaternary nitrogens is 1. The number of likely N-dealkylation sites (N-methyl/N-ethyl adjacent to an activating group) is 1. The molecular formula is C67H120N2O7P+. The number of esters is 1. The van der Waals surface area contributed by atoms with Crippen LogP contribution in [0.15, 0.2) is 97.2 Å². The molecule has 3 unspecified atom stereocenters. The topological polar surface area (TPSA) is 111 Å². The number of nitrogens with one attached hydrogen (secondary N) is 1. The molecule has 0 aliphatic carbocycles. The highest BCUT2D eigenvalue weighted by atomic mass is 31.2. The van der Waals surface area contributed by atoms with Crippen molar-refractivity contribution >= 4 is 19.7 Å². The molecule has 0 saturated heterocycles. The lowest BCUT2D eigenvalue weighted by molar-refractivity contribution is -0.870. The van der Waals surface area contributed by atoms with Gasteiger partial charge in [-0.1, -0.05) is 253 Å². The van der Waals surface area contributed by atoms with Crippen LogP contribution in [0.3, 0.4) is 0 Å². The molecule has 0 aliphatic heterocycles. The van der Waals surface area contributed by atoms with Crippen LogP contribution in [0.1, 0.15) is 265 Å². The van der Waals surface area contributed by atoms with E-state index in [1.54, 1.807) is 0 Å². The average molecular weight is 1100 g/mol. The molecule has 0 aromatic heterocycles. The third-order valence-electron chi connectivity index (χ3n) is 13.5. The molecule has 0 fully saturated rings. The van der Waals surface area contributed by atoms with E-state index in [4.69, 9.17) is 13.8 Å². The third kappa shape index (κ3) is 57.4. The molecule has 0 heterocycles. The predicted molar refractivity (Wildman–Crippen MR) is 332 cm³/mol. The third-order valence-corrected chi connectivity index (χ3v) is 14.5. The number of rotatable bonds is 56. The summed E-state index contributed by atoms with van der Waals surface area (Å²) in [5.41, 5.74) is 0. The highest BCUT2D eigenvalue weighted by molar-refractivity contribution is 7.47. The standard InChI is InChI=1S/C67H119N2O7P/c1-7-10-13-16-19-22-25-27-29-31-33-34-36-37-39-41-44-47-50-53-56-59-66(70)68-64(63-75-77(72,73)74-62-61-69(4,5)6)65(58-55-52-49-46-43-24-21-18-15-12-9-3)76-67(71)60-57-54-51-48-45-42-40-38-35-32-30-28-26-23-20-17-14-11-8-2/h11,14,20,23,27-30,35,38,42,45,51,54-55,58,64-65H,7-10,12-13,15-19,21-22,24-26,31-34,36-37,39-41,43-44,46-50,52-53,56-57,59-63H2,1-6H3,(H-,68,70,72,73)/p+1/b14-11-,23-20-,29-27+,30-28-,38-35-,45-42-,54-51-,58-55+. The molecule has 0 spiro atoms. The lowest BCUT2D eigenvalue weighted by Gasteiger charge is -2.27. The van der Waals surface area contributed by atoms with Gasteiger partial charge in [0.2, 0.25) is 5.91 Å². The number of carbonyl (C=O) groups excluding carboxylic acids is 2. The van der Waals surface area contributed by atoms with E-state index >= 15 is 0 Å². The van der Waals surface area contributed by atoms with Gasteiger partial charge in [-0.3, -0.25) is 18.6 Å². The monoisotopic (exact) mass is 1100 g/mol. The summed E-state index contributed by atoms with van der Waals surface area (Å²) in [5.74, 6) is -0.605. The van der Waals surface area contributed by atoms with E-state index in [9.17, 15) is 19.0 Å². The molecule has 10 heteroatoms. The molecule has 0 aliphatic rings. The van der Waals surface area contributed by atoms with Gasteiger partial charge in [0.25, 0.3) is 0 Å². The number of hydrogen-bond donors (Lipinski definition) is 2. The molecule has 0 saturated carbocycles. The van der Waals surface area contributed by atoms with Gasteiger partial charge in [0.1, 0.15) is 19.3 Å².